The number of anilines is 2. The van der Waals surface area contributed by atoms with Crippen molar-refractivity contribution in [1.82, 2.24) is 19.9 Å². The van der Waals surface area contributed by atoms with E-state index in [1.54, 1.807) is 0 Å². The Morgan fingerprint density at radius 3 is 2.59 bits per heavy atom. The molecule has 0 spiro atoms. The third-order valence-corrected chi connectivity index (χ3v) is 5.53. The second-order valence-electron chi connectivity index (χ2n) is 8.00. The van der Waals surface area contributed by atoms with Gasteiger partial charge in [-0.3, -0.25) is 4.98 Å². The molecule has 3 aromatic heterocycles. The van der Waals surface area contributed by atoms with Crippen LogP contribution in [0.4, 0.5) is 29.2 Å². The van der Waals surface area contributed by atoms with E-state index < -0.39 is 28.9 Å². The van der Waals surface area contributed by atoms with E-state index in [0.717, 1.165) is 18.9 Å². The number of fused-ring (bicyclic) bond motifs is 1. The van der Waals surface area contributed by atoms with Gasteiger partial charge in [0.05, 0.1) is 18.1 Å². The van der Waals surface area contributed by atoms with Gasteiger partial charge in [0.15, 0.2) is 5.82 Å². The Bertz CT molecular complexity index is 1180. The third kappa shape index (κ3) is 3.87. The topological polar surface area (TPSA) is 90.0 Å². The summed E-state index contributed by atoms with van der Waals surface area (Å²) in [7, 11) is 1.34. The van der Waals surface area contributed by atoms with Gasteiger partial charge in [0.2, 0.25) is 0 Å². The molecule has 1 atom stereocenters. The number of aryl methyl sites for hydroxylation is 1. The summed E-state index contributed by atoms with van der Waals surface area (Å²) in [6.07, 6.45) is -1.50. The van der Waals surface area contributed by atoms with E-state index in [-0.39, 0.29) is 28.3 Å². The van der Waals surface area contributed by atoms with E-state index in [4.69, 9.17) is 10.5 Å². The van der Waals surface area contributed by atoms with Gasteiger partial charge >= 0.3 is 12.2 Å². The van der Waals surface area contributed by atoms with Crippen molar-refractivity contribution < 1.29 is 22.3 Å². The number of hydrogen-bond acceptors (Lipinski definition) is 7. The summed E-state index contributed by atoms with van der Waals surface area (Å²) >= 11 is 0. The highest BCUT2D eigenvalue weighted by atomic mass is 19.4. The Hall–Kier alpha value is -3.24. The number of halogens is 4. The zero-order valence-corrected chi connectivity index (χ0v) is 17.8. The number of pyridine rings is 2. The van der Waals surface area contributed by atoms with Crippen LogP contribution in [0.1, 0.15) is 30.9 Å². The van der Waals surface area contributed by atoms with Crippen molar-refractivity contribution in [1.29, 1.82) is 0 Å². The van der Waals surface area contributed by atoms with Gasteiger partial charge in [0.1, 0.15) is 28.5 Å². The Kier molecular flexibility index (Phi) is 5.51. The van der Waals surface area contributed by atoms with Crippen molar-refractivity contribution in [3.63, 3.8) is 0 Å². The van der Waals surface area contributed by atoms with Crippen LogP contribution in [0.5, 0.6) is 6.01 Å². The molecule has 1 unspecified atom stereocenters. The number of piperidine rings is 1. The second-order valence-corrected chi connectivity index (χ2v) is 8.00. The average Bonchev–Trinajstić information content (AvgIpc) is 2.71. The summed E-state index contributed by atoms with van der Waals surface area (Å²) in [6.45, 7) is 4.75. The van der Waals surface area contributed by atoms with Crippen LogP contribution in [0.2, 0.25) is 0 Å². The molecular weight excluding hydrogens is 428 g/mol. The van der Waals surface area contributed by atoms with E-state index in [1.807, 2.05) is 4.90 Å². The fourth-order valence-corrected chi connectivity index (χ4v) is 4.13. The molecule has 3 aromatic rings. The molecule has 1 aliphatic heterocycles. The van der Waals surface area contributed by atoms with Crippen LogP contribution in [-0.2, 0) is 6.18 Å². The summed E-state index contributed by atoms with van der Waals surface area (Å²) in [4.78, 5) is 18.2. The molecule has 1 aliphatic rings. The lowest BCUT2D eigenvalue weighted by molar-refractivity contribution is -0.137. The maximum absolute atomic E-state index is 15.7. The summed E-state index contributed by atoms with van der Waals surface area (Å²) < 4.78 is 62.1. The number of methoxy groups -OCH3 is 1. The number of ether oxygens (including phenoxy) is 1. The van der Waals surface area contributed by atoms with Crippen molar-refractivity contribution >= 4 is 22.5 Å². The first-order valence-corrected chi connectivity index (χ1v) is 10.1. The lowest BCUT2D eigenvalue weighted by atomic mass is 10.00. The number of nitrogens with two attached hydrogens (primary N) is 1. The van der Waals surface area contributed by atoms with Gasteiger partial charge in [0.25, 0.3) is 0 Å². The zero-order chi connectivity index (χ0) is 23.2. The van der Waals surface area contributed by atoms with Gasteiger partial charge in [0, 0.05) is 19.3 Å². The molecule has 11 heteroatoms. The Labute approximate surface area is 181 Å². The second kappa shape index (κ2) is 8.03. The third-order valence-electron chi connectivity index (χ3n) is 5.53. The molecule has 0 amide bonds. The first kappa shape index (κ1) is 22.0. The normalized spacial score (nSPS) is 17.1. The summed E-state index contributed by atoms with van der Waals surface area (Å²) in [5, 5.41) is 0.287. The van der Waals surface area contributed by atoms with E-state index >= 15 is 4.39 Å². The molecule has 0 bridgehead atoms. The van der Waals surface area contributed by atoms with Gasteiger partial charge < -0.3 is 15.4 Å². The van der Waals surface area contributed by atoms with Crippen molar-refractivity contribution in [2.24, 2.45) is 5.92 Å². The summed E-state index contributed by atoms with van der Waals surface area (Å²) in [5.41, 5.74) is 2.95. The van der Waals surface area contributed by atoms with Gasteiger partial charge in [-0.15, -0.1) is 0 Å². The minimum atomic E-state index is -4.78. The van der Waals surface area contributed by atoms with Gasteiger partial charge in [-0.1, -0.05) is 6.92 Å². The number of alkyl halides is 3. The van der Waals surface area contributed by atoms with Crippen molar-refractivity contribution in [3.05, 3.63) is 29.2 Å². The highest BCUT2D eigenvalue weighted by Gasteiger charge is 2.38. The van der Waals surface area contributed by atoms with Crippen LogP contribution >= 0.6 is 0 Å². The highest BCUT2D eigenvalue weighted by Crippen LogP contribution is 2.40. The van der Waals surface area contributed by atoms with Crippen LogP contribution in [-0.4, -0.2) is 40.1 Å². The van der Waals surface area contributed by atoms with Crippen LogP contribution in [0.15, 0.2) is 12.3 Å². The highest BCUT2D eigenvalue weighted by molar-refractivity contribution is 5.92. The Morgan fingerprint density at radius 2 is 1.94 bits per heavy atom. The van der Waals surface area contributed by atoms with E-state index in [0.29, 0.717) is 24.8 Å². The molecule has 2 N–H and O–H groups in total. The predicted octanol–water partition coefficient (Wildman–Crippen LogP) is 4.38. The molecular formula is C21H22F4N6O. The minimum Gasteiger partial charge on any atom is -0.467 e. The van der Waals surface area contributed by atoms with Crippen molar-refractivity contribution in [2.45, 2.75) is 32.9 Å². The molecule has 4 heterocycles. The average molecular weight is 450 g/mol. The number of rotatable bonds is 3. The Morgan fingerprint density at radius 1 is 1.19 bits per heavy atom. The molecule has 0 aromatic carbocycles. The lowest BCUT2D eigenvalue weighted by Gasteiger charge is -2.32. The van der Waals surface area contributed by atoms with Gasteiger partial charge in [-0.25, -0.2) is 9.37 Å². The van der Waals surface area contributed by atoms with Crippen LogP contribution in [0.25, 0.3) is 22.3 Å². The minimum absolute atomic E-state index is 0.0884. The maximum Gasteiger partial charge on any atom is 0.418 e. The largest absolute Gasteiger partial charge is 0.467 e. The van der Waals surface area contributed by atoms with E-state index in [1.165, 1.54) is 20.2 Å². The lowest BCUT2D eigenvalue weighted by Crippen LogP contribution is -2.35. The maximum atomic E-state index is 15.7. The van der Waals surface area contributed by atoms with E-state index in [9.17, 15) is 13.2 Å². The number of hydrogen-bond donors (Lipinski definition) is 1. The SMILES string of the molecule is COc1nc(N2CCCC(C)C2)c2cnc(-c3nc(N)cc(C)c3C(F)(F)F)c(F)c2n1. The predicted molar refractivity (Wildman–Crippen MR) is 112 cm³/mol. The molecule has 7 nitrogen and oxygen atoms in total. The van der Waals surface area contributed by atoms with Crippen molar-refractivity contribution in [3.8, 4) is 17.4 Å². The molecule has 0 radical (unpaired) electrons. The number of nitrogen functional groups attached to an aromatic ring is 1. The van der Waals surface area contributed by atoms with Crippen molar-refractivity contribution in [2.75, 3.05) is 30.8 Å². The van der Waals surface area contributed by atoms with Gasteiger partial charge in [-0.2, -0.15) is 23.1 Å². The molecule has 32 heavy (non-hydrogen) atoms. The monoisotopic (exact) mass is 450 g/mol. The first-order chi connectivity index (χ1) is 15.1. The Balaban J connectivity index is 1.97. The fourth-order valence-electron chi connectivity index (χ4n) is 4.13. The molecule has 0 saturated carbocycles. The molecule has 1 saturated heterocycles. The summed E-state index contributed by atoms with van der Waals surface area (Å²) in [5.74, 6) is -0.373. The van der Waals surface area contributed by atoms with Crippen LogP contribution < -0.4 is 15.4 Å². The molecule has 4 rings (SSSR count). The standard InChI is InChI=1S/C21H22F4N6O/c1-10-5-4-6-31(9-10)19-12-8-27-18(15(22)16(12)29-20(30-19)32-3)17-14(21(23,24)25)11(2)7-13(26)28-17/h7-8,10H,4-6,9H2,1-3H3,(H2,26,28). The molecule has 170 valence electrons. The number of nitrogens with zero attached hydrogens (tertiary/aromatic N) is 5. The smallest absolute Gasteiger partial charge is 0.418 e. The molecule has 0 aliphatic carbocycles. The van der Waals surface area contributed by atoms with Crippen LogP contribution in [0, 0.1) is 18.7 Å². The molecule has 1 fully saturated rings. The zero-order valence-electron chi connectivity index (χ0n) is 17.8. The number of aromatic nitrogens is 4. The fraction of sp³-hybridized carbons (Fsp3) is 0.429. The summed E-state index contributed by atoms with van der Waals surface area (Å²) in [6, 6.07) is 1.00. The quantitative estimate of drug-likeness (QED) is 0.592. The van der Waals surface area contributed by atoms with Crippen LogP contribution in [0.3, 0.4) is 0 Å². The van der Waals surface area contributed by atoms with Gasteiger partial charge in [-0.05, 0) is 37.3 Å². The van der Waals surface area contributed by atoms with E-state index in [2.05, 4.69) is 26.9 Å². The first-order valence-electron chi connectivity index (χ1n) is 10.1.